The topological polar surface area (TPSA) is 67.8 Å². The first-order valence-electron chi connectivity index (χ1n) is 11.0. The molecule has 1 heterocycles. The minimum absolute atomic E-state index is 0. The number of hydrogen-bond donors (Lipinski definition) is 2. The Morgan fingerprint density at radius 3 is 2.59 bits per heavy atom. The third-order valence-corrected chi connectivity index (χ3v) is 5.82. The molecule has 8 heteroatoms. The summed E-state index contributed by atoms with van der Waals surface area (Å²) in [6.07, 6.45) is 9.38. The van der Waals surface area contributed by atoms with Crippen LogP contribution >= 0.6 is 35.3 Å². The van der Waals surface area contributed by atoms with Gasteiger partial charge in [0.2, 0.25) is 0 Å². The van der Waals surface area contributed by atoms with E-state index in [1.54, 1.807) is 0 Å². The van der Waals surface area contributed by atoms with Gasteiger partial charge in [-0.3, -0.25) is 4.99 Å². The molecule has 0 radical (unpaired) electrons. The van der Waals surface area contributed by atoms with Crippen molar-refractivity contribution in [2.75, 3.05) is 46.1 Å². The number of aryl methyl sites for hydroxylation is 3. The monoisotopic (exact) mass is 538 g/mol. The van der Waals surface area contributed by atoms with Crippen LogP contribution in [0.4, 0.5) is 0 Å². The molecule has 0 amide bonds. The van der Waals surface area contributed by atoms with Gasteiger partial charge in [0.15, 0.2) is 5.96 Å². The number of nitrogens with one attached hydrogen (secondary N) is 2. The highest BCUT2D eigenvalue weighted by molar-refractivity contribution is 14.0. The normalized spacial score (nSPS) is 13.7. The Morgan fingerprint density at radius 2 is 1.83 bits per heavy atom. The molecule has 0 aromatic carbocycles. The predicted molar refractivity (Wildman–Crippen MR) is 133 cm³/mol. The quantitative estimate of drug-likeness (QED) is 0.163. The van der Waals surface area contributed by atoms with Gasteiger partial charge in [0.25, 0.3) is 0 Å². The van der Waals surface area contributed by atoms with Crippen LogP contribution in [0.5, 0.6) is 0 Å². The first-order valence-corrected chi connectivity index (χ1v) is 11.8. The Hall–Kier alpha value is -0.450. The summed E-state index contributed by atoms with van der Waals surface area (Å²) in [5.74, 6) is 0.865. The van der Waals surface area contributed by atoms with Crippen LogP contribution in [0.2, 0.25) is 0 Å². The van der Waals surface area contributed by atoms with E-state index in [9.17, 15) is 0 Å². The summed E-state index contributed by atoms with van der Waals surface area (Å²) in [6, 6.07) is 0. The minimum Gasteiger partial charge on any atom is -0.379 e. The van der Waals surface area contributed by atoms with Gasteiger partial charge < -0.3 is 20.1 Å². The van der Waals surface area contributed by atoms with E-state index in [0.29, 0.717) is 19.8 Å². The number of guanidine groups is 1. The maximum Gasteiger partial charge on any atom is 0.191 e. The van der Waals surface area contributed by atoms with Crippen molar-refractivity contribution in [3.63, 3.8) is 0 Å². The molecule has 0 saturated carbocycles. The lowest BCUT2D eigenvalue weighted by atomic mass is 10.0. The van der Waals surface area contributed by atoms with Crippen LogP contribution in [-0.2, 0) is 28.7 Å². The van der Waals surface area contributed by atoms with Crippen molar-refractivity contribution in [2.45, 2.75) is 65.2 Å². The van der Waals surface area contributed by atoms with Crippen LogP contribution in [0.15, 0.2) is 4.99 Å². The molecule has 29 heavy (non-hydrogen) atoms. The third-order valence-electron chi connectivity index (χ3n) is 4.61. The molecule has 2 rings (SSSR count). The standard InChI is InChI=1S/C21H38N4O2S.HI/c1-3-5-14-26-16-17-27-15-13-24-21(22-4-2)23-12-8-11-20-25-18-9-6-7-10-19(18)28-20;/h3-17H2,1-2H3,(H2,22,23,24);1H. The summed E-state index contributed by atoms with van der Waals surface area (Å²) in [7, 11) is 0. The molecule has 1 aromatic rings. The molecule has 1 aliphatic carbocycles. The highest BCUT2D eigenvalue weighted by Gasteiger charge is 2.14. The Kier molecular flexibility index (Phi) is 15.8. The van der Waals surface area contributed by atoms with Crippen molar-refractivity contribution < 1.29 is 9.47 Å². The average Bonchev–Trinajstić information content (AvgIpc) is 3.12. The fourth-order valence-electron chi connectivity index (χ4n) is 3.09. The molecule has 6 nitrogen and oxygen atoms in total. The van der Waals surface area contributed by atoms with E-state index >= 15 is 0 Å². The number of aliphatic imine (C=N–C) groups is 1. The van der Waals surface area contributed by atoms with Gasteiger partial charge in [-0.2, -0.15) is 0 Å². The molecule has 168 valence electrons. The van der Waals surface area contributed by atoms with Gasteiger partial charge >= 0.3 is 0 Å². The first-order chi connectivity index (χ1) is 13.8. The zero-order valence-corrected chi connectivity index (χ0v) is 21.3. The van der Waals surface area contributed by atoms with Crippen LogP contribution in [0.25, 0.3) is 0 Å². The molecular weight excluding hydrogens is 499 g/mol. The predicted octanol–water partition coefficient (Wildman–Crippen LogP) is 3.96. The number of halogens is 1. The molecule has 2 N–H and O–H groups in total. The van der Waals surface area contributed by atoms with Crippen molar-refractivity contribution in [1.82, 2.24) is 15.6 Å². The fraction of sp³-hybridized carbons (Fsp3) is 0.810. The molecule has 0 spiro atoms. The van der Waals surface area contributed by atoms with Crippen molar-refractivity contribution in [2.24, 2.45) is 4.99 Å². The molecule has 0 bridgehead atoms. The van der Waals surface area contributed by atoms with Crippen LogP contribution < -0.4 is 10.6 Å². The van der Waals surface area contributed by atoms with E-state index in [4.69, 9.17) is 14.5 Å². The maximum absolute atomic E-state index is 5.59. The average molecular weight is 539 g/mol. The number of unbranched alkanes of at least 4 members (excludes halogenated alkanes) is 1. The van der Waals surface area contributed by atoms with Crippen LogP contribution in [0, 0.1) is 0 Å². The molecule has 1 aliphatic rings. The van der Waals surface area contributed by atoms with Gasteiger partial charge in [-0.25, -0.2) is 4.98 Å². The van der Waals surface area contributed by atoms with Gasteiger partial charge in [-0.15, -0.1) is 35.3 Å². The lowest BCUT2D eigenvalue weighted by Crippen LogP contribution is -2.39. The number of thiazole rings is 1. The molecule has 0 unspecified atom stereocenters. The van der Waals surface area contributed by atoms with Crippen LogP contribution in [0.3, 0.4) is 0 Å². The lowest BCUT2D eigenvalue weighted by Gasteiger charge is -2.11. The second-order valence-corrected chi connectivity index (χ2v) is 8.22. The van der Waals surface area contributed by atoms with Gasteiger partial charge in [-0.1, -0.05) is 13.3 Å². The van der Waals surface area contributed by atoms with E-state index in [1.165, 1.54) is 47.7 Å². The largest absolute Gasteiger partial charge is 0.379 e. The molecule has 0 atom stereocenters. The number of aromatic nitrogens is 1. The van der Waals surface area contributed by atoms with Crippen molar-refractivity contribution in [3.05, 3.63) is 15.6 Å². The zero-order chi connectivity index (χ0) is 19.9. The van der Waals surface area contributed by atoms with Gasteiger partial charge in [0.1, 0.15) is 0 Å². The summed E-state index contributed by atoms with van der Waals surface area (Å²) in [5, 5.41) is 7.91. The summed E-state index contributed by atoms with van der Waals surface area (Å²) < 4.78 is 11.1. The van der Waals surface area contributed by atoms with Crippen molar-refractivity contribution >= 4 is 41.3 Å². The summed E-state index contributed by atoms with van der Waals surface area (Å²) in [4.78, 5) is 11.0. The van der Waals surface area contributed by atoms with Gasteiger partial charge in [-0.05, 0) is 45.4 Å². The summed E-state index contributed by atoms with van der Waals surface area (Å²) in [5.41, 5.74) is 1.36. The van der Waals surface area contributed by atoms with E-state index in [2.05, 4.69) is 29.5 Å². The SMILES string of the molecule is CCCCOCCOCCNC(=NCCCc1nc2c(s1)CCCC2)NCC.I. The minimum atomic E-state index is 0. The highest BCUT2D eigenvalue weighted by Crippen LogP contribution is 2.27. The highest BCUT2D eigenvalue weighted by atomic mass is 127. The number of nitrogens with zero attached hydrogens (tertiary/aromatic N) is 2. The number of fused-ring (bicyclic) bond motifs is 1. The summed E-state index contributed by atoms with van der Waals surface area (Å²) >= 11 is 1.91. The smallest absolute Gasteiger partial charge is 0.191 e. The molecular formula is C21H39IN4O2S. The number of rotatable bonds is 14. The Bertz CT molecular complexity index is 545. The molecule has 0 aliphatic heterocycles. The first kappa shape index (κ1) is 26.6. The number of ether oxygens (including phenoxy) is 2. The van der Waals surface area contributed by atoms with Gasteiger partial charge in [0, 0.05) is 37.5 Å². The van der Waals surface area contributed by atoms with Crippen LogP contribution in [0.1, 0.15) is 61.5 Å². The van der Waals surface area contributed by atoms with Crippen LogP contribution in [-0.4, -0.2) is 57.0 Å². The van der Waals surface area contributed by atoms with Crippen molar-refractivity contribution in [3.8, 4) is 0 Å². The maximum atomic E-state index is 5.59. The molecule has 1 aromatic heterocycles. The Balaban J connectivity index is 0.00000420. The second kappa shape index (κ2) is 17.3. The lowest BCUT2D eigenvalue weighted by molar-refractivity contribution is 0.0487. The second-order valence-electron chi connectivity index (χ2n) is 7.05. The van der Waals surface area contributed by atoms with E-state index in [-0.39, 0.29) is 24.0 Å². The van der Waals surface area contributed by atoms with E-state index < -0.39 is 0 Å². The van der Waals surface area contributed by atoms with E-state index in [0.717, 1.165) is 51.5 Å². The molecule has 0 saturated heterocycles. The summed E-state index contributed by atoms with van der Waals surface area (Å²) in [6.45, 7) is 9.49. The third kappa shape index (κ3) is 11.5. The van der Waals surface area contributed by atoms with Crippen molar-refractivity contribution in [1.29, 1.82) is 0 Å². The fourth-order valence-corrected chi connectivity index (χ4v) is 4.28. The van der Waals surface area contributed by atoms with E-state index in [1.807, 2.05) is 11.3 Å². The zero-order valence-electron chi connectivity index (χ0n) is 18.1. The Labute approximate surface area is 197 Å². The molecule has 0 fully saturated rings. The van der Waals surface area contributed by atoms with Gasteiger partial charge in [0.05, 0.1) is 30.5 Å². The Morgan fingerprint density at radius 1 is 1.03 bits per heavy atom. The number of hydrogen-bond acceptors (Lipinski definition) is 5.